The molecule has 2 unspecified atom stereocenters. The second kappa shape index (κ2) is 11.5. The molecule has 2 atom stereocenters. The lowest BCUT2D eigenvalue weighted by Gasteiger charge is -2.35. The summed E-state index contributed by atoms with van der Waals surface area (Å²) in [5.41, 5.74) is 2.74. The molecule has 1 saturated heterocycles. The van der Waals surface area contributed by atoms with Crippen molar-refractivity contribution in [2.45, 2.75) is 45.6 Å². The van der Waals surface area contributed by atoms with Crippen LogP contribution in [0, 0.1) is 5.82 Å². The van der Waals surface area contributed by atoms with Crippen LogP contribution in [0.4, 0.5) is 9.52 Å². The Bertz CT molecular complexity index is 1170. The summed E-state index contributed by atoms with van der Waals surface area (Å²) in [7, 11) is 0. The van der Waals surface area contributed by atoms with Crippen LogP contribution < -0.4 is 10.6 Å². The molecule has 1 fully saturated rings. The molecular formula is C26H29FN4O3S. The number of morpholine rings is 1. The zero-order valence-corrected chi connectivity index (χ0v) is 20.6. The van der Waals surface area contributed by atoms with E-state index in [1.807, 2.05) is 18.2 Å². The summed E-state index contributed by atoms with van der Waals surface area (Å²) in [6, 6.07) is 13.9. The Morgan fingerprint density at radius 1 is 1.09 bits per heavy atom. The number of halogens is 1. The van der Waals surface area contributed by atoms with Crippen molar-refractivity contribution in [3.05, 3.63) is 82.1 Å². The van der Waals surface area contributed by atoms with Crippen LogP contribution in [0.2, 0.25) is 0 Å². The lowest BCUT2D eigenvalue weighted by atomic mass is 10.1. The van der Waals surface area contributed by atoms with Gasteiger partial charge in [0.25, 0.3) is 5.91 Å². The number of benzene rings is 2. The summed E-state index contributed by atoms with van der Waals surface area (Å²) in [6.45, 7) is 7.16. The molecule has 0 bridgehead atoms. The van der Waals surface area contributed by atoms with Crippen LogP contribution in [0.25, 0.3) is 0 Å². The fourth-order valence-electron chi connectivity index (χ4n) is 4.21. The molecule has 0 aliphatic carbocycles. The third-order valence-corrected chi connectivity index (χ3v) is 6.52. The first-order valence-corrected chi connectivity index (χ1v) is 12.5. The molecule has 0 saturated carbocycles. The van der Waals surface area contributed by atoms with Crippen molar-refractivity contribution < 1.29 is 18.7 Å². The Morgan fingerprint density at radius 3 is 2.51 bits per heavy atom. The van der Waals surface area contributed by atoms with Crippen molar-refractivity contribution in [2.24, 2.45) is 0 Å². The van der Waals surface area contributed by atoms with Crippen molar-refractivity contribution in [1.29, 1.82) is 0 Å². The second-order valence-electron chi connectivity index (χ2n) is 8.75. The third-order valence-electron chi connectivity index (χ3n) is 5.72. The molecule has 2 amide bonds. The van der Waals surface area contributed by atoms with Crippen LogP contribution in [0.5, 0.6) is 0 Å². The summed E-state index contributed by atoms with van der Waals surface area (Å²) in [5, 5.41) is 7.59. The normalized spacial score (nSPS) is 18.3. The van der Waals surface area contributed by atoms with Crippen LogP contribution in [0.15, 0.2) is 53.9 Å². The molecule has 3 aromatic rings. The number of ether oxygens (including phenoxy) is 1. The number of hydrogen-bond donors (Lipinski definition) is 2. The highest BCUT2D eigenvalue weighted by molar-refractivity contribution is 7.14. The zero-order chi connectivity index (χ0) is 24.8. The third kappa shape index (κ3) is 6.94. The highest BCUT2D eigenvalue weighted by Crippen LogP contribution is 2.19. The molecule has 35 heavy (non-hydrogen) atoms. The Morgan fingerprint density at radius 2 is 1.77 bits per heavy atom. The van der Waals surface area contributed by atoms with E-state index in [1.54, 1.807) is 11.4 Å². The van der Waals surface area contributed by atoms with E-state index in [-0.39, 0.29) is 30.1 Å². The molecule has 2 heterocycles. The van der Waals surface area contributed by atoms with Gasteiger partial charge in [-0.2, -0.15) is 0 Å². The van der Waals surface area contributed by atoms with E-state index in [4.69, 9.17) is 4.74 Å². The molecule has 7 nitrogen and oxygen atoms in total. The molecule has 1 aliphatic rings. The molecule has 0 radical (unpaired) electrons. The quantitative estimate of drug-likeness (QED) is 0.493. The van der Waals surface area contributed by atoms with Gasteiger partial charge in [0, 0.05) is 31.6 Å². The van der Waals surface area contributed by atoms with E-state index in [9.17, 15) is 14.0 Å². The first-order valence-electron chi connectivity index (χ1n) is 11.6. The number of hydrogen-bond acceptors (Lipinski definition) is 6. The van der Waals surface area contributed by atoms with E-state index in [0.29, 0.717) is 17.4 Å². The highest BCUT2D eigenvalue weighted by Gasteiger charge is 2.22. The van der Waals surface area contributed by atoms with Crippen molar-refractivity contribution in [3.8, 4) is 0 Å². The Kier molecular flexibility index (Phi) is 8.22. The van der Waals surface area contributed by atoms with Crippen LogP contribution in [0.1, 0.15) is 41.0 Å². The van der Waals surface area contributed by atoms with Gasteiger partial charge in [-0.25, -0.2) is 9.37 Å². The zero-order valence-electron chi connectivity index (χ0n) is 19.8. The number of nitrogens with one attached hydrogen (secondary N) is 2. The molecular weight excluding hydrogens is 467 g/mol. The van der Waals surface area contributed by atoms with E-state index in [1.165, 1.54) is 35.1 Å². The molecule has 1 aliphatic heterocycles. The fraction of sp³-hybridized carbons (Fsp3) is 0.346. The van der Waals surface area contributed by atoms with E-state index in [0.717, 1.165) is 25.2 Å². The maximum absolute atomic E-state index is 13.8. The smallest absolute Gasteiger partial charge is 0.260 e. The van der Waals surface area contributed by atoms with E-state index in [2.05, 4.69) is 40.4 Å². The number of nitrogens with zero attached hydrogens (tertiary/aromatic N) is 2. The molecule has 9 heteroatoms. The second-order valence-corrected chi connectivity index (χ2v) is 9.61. The van der Waals surface area contributed by atoms with Gasteiger partial charge in [0.15, 0.2) is 5.13 Å². The van der Waals surface area contributed by atoms with Gasteiger partial charge in [-0.3, -0.25) is 19.8 Å². The lowest BCUT2D eigenvalue weighted by Crippen LogP contribution is -2.45. The highest BCUT2D eigenvalue weighted by atomic mass is 32.1. The Hall–Kier alpha value is -3.14. The predicted octanol–water partition coefficient (Wildman–Crippen LogP) is 4.00. The molecule has 2 aromatic carbocycles. The largest absolute Gasteiger partial charge is 0.373 e. The lowest BCUT2D eigenvalue weighted by molar-refractivity contribution is -0.120. The first-order chi connectivity index (χ1) is 16.9. The summed E-state index contributed by atoms with van der Waals surface area (Å²) in [5.74, 6) is -1.33. The number of amides is 2. The van der Waals surface area contributed by atoms with E-state index >= 15 is 0 Å². The summed E-state index contributed by atoms with van der Waals surface area (Å²) >= 11 is 1.20. The average molecular weight is 497 g/mol. The van der Waals surface area contributed by atoms with Crippen LogP contribution in [-0.4, -0.2) is 47.0 Å². The van der Waals surface area contributed by atoms with Gasteiger partial charge < -0.3 is 10.1 Å². The van der Waals surface area contributed by atoms with E-state index < -0.39 is 11.7 Å². The van der Waals surface area contributed by atoms with Crippen LogP contribution in [-0.2, 0) is 29.0 Å². The first kappa shape index (κ1) is 25.0. The number of carbonyl (C=O) groups is 2. The molecule has 0 spiro atoms. The van der Waals surface area contributed by atoms with Gasteiger partial charge >= 0.3 is 0 Å². The Balaban J connectivity index is 1.30. The summed E-state index contributed by atoms with van der Waals surface area (Å²) in [4.78, 5) is 31.5. The van der Waals surface area contributed by atoms with Crippen molar-refractivity contribution >= 4 is 28.3 Å². The van der Waals surface area contributed by atoms with Crippen molar-refractivity contribution in [1.82, 2.24) is 15.2 Å². The number of aromatic nitrogens is 1. The van der Waals surface area contributed by atoms with Crippen LogP contribution >= 0.6 is 11.3 Å². The predicted molar refractivity (Wildman–Crippen MR) is 134 cm³/mol. The summed E-state index contributed by atoms with van der Waals surface area (Å²) in [6.07, 6.45) is 0.488. The minimum atomic E-state index is -0.598. The monoisotopic (exact) mass is 496 g/mol. The maximum Gasteiger partial charge on any atom is 0.260 e. The van der Waals surface area contributed by atoms with Gasteiger partial charge in [-0.1, -0.05) is 36.4 Å². The molecule has 184 valence electrons. The van der Waals surface area contributed by atoms with Crippen molar-refractivity contribution in [3.63, 3.8) is 0 Å². The minimum absolute atomic E-state index is 0.0540. The van der Waals surface area contributed by atoms with Gasteiger partial charge in [-0.15, -0.1) is 11.3 Å². The number of anilines is 1. The topological polar surface area (TPSA) is 83.6 Å². The number of thiazole rings is 1. The minimum Gasteiger partial charge on any atom is -0.373 e. The standard InChI is InChI=1S/C26H29FN4O3S/c1-17-13-31(14-18(2)34-17)15-20-8-4-3-7-19(20)12-28-24(32)11-21-16-35-26(29-21)30-25(33)22-9-5-6-10-23(22)27/h3-10,16-18H,11-15H2,1-2H3,(H,28,32)(H,29,30,33). The number of rotatable bonds is 8. The van der Waals surface area contributed by atoms with Crippen LogP contribution in [0.3, 0.4) is 0 Å². The molecule has 4 rings (SSSR count). The fourth-order valence-corrected chi connectivity index (χ4v) is 4.92. The van der Waals surface area contributed by atoms with Gasteiger partial charge in [0.1, 0.15) is 5.82 Å². The van der Waals surface area contributed by atoms with Gasteiger partial charge in [-0.05, 0) is 37.1 Å². The summed E-state index contributed by atoms with van der Waals surface area (Å²) < 4.78 is 19.6. The Labute approximate surface area is 208 Å². The van der Waals surface area contributed by atoms with Gasteiger partial charge in [0.2, 0.25) is 5.91 Å². The van der Waals surface area contributed by atoms with Gasteiger partial charge in [0.05, 0.1) is 29.9 Å². The molecule has 1 aromatic heterocycles. The number of carbonyl (C=O) groups excluding carboxylic acids is 2. The van der Waals surface area contributed by atoms with Crippen molar-refractivity contribution in [2.75, 3.05) is 18.4 Å². The maximum atomic E-state index is 13.8. The SMILES string of the molecule is CC1CN(Cc2ccccc2CNC(=O)Cc2csc(NC(=O)c3ccccc3F)n2)CC(C)O1. The molecule has 2 N–H and O–H groups in total. The average Bonchev–Trinajstić information content (AvgIpc) is 3.24.